The smallest absolute Gasteiger partial charge is 1.00 e. The number of hydrogen-bond acceptors (Lipinski definition) is 0. The Kier molecular flexibility index (Phi) is 6360. The standard InChI is InChI=1S/3ClH.4H2O.Tl/h3*1H;4*1H2;/q;;;;;;;+1/p-3. The van der Waals surface area contributed by atoms with Crippen molar-refractivity contribution in [3.8, 4) is 0 Å². The van der Waals surface area contributed by atoms with Gasteiger partial charge < -0.3 is 59.1 Å². The van der Waals surface area contributed by atoms with Gasteiger partial charge in [0.1, 0.15) is 0 Å². The van der Waals surface area contributed by atoms with Gasteiger partial charge in [-0.3, -0.25) is 0 Å². The van der Waals surface area contributed by atoms with E-state index in [4.69, 9.17) is 0 Å². The fourth-order valence-electron chi connectivity index (χ4n) is 0. The summed E-state index contributed by atoms with van der Waals surface area (Å²) in [4.78, 5) is 0. The topological polar surface area (TPSA) is 126 Å². The van der Waals surface area contributed by atoms with Crippen LogP contribution in [0.5, 0.6) is 0 Å². The number of halogens is 3. The molecule has 0 aliphatic carbocycles. The monoisotopic (exact) mass is 382 g/mol. The van der Waals surface area contributed by atoms with Gasteiger partial charge in [0, 0.05) is 0 Å². The molecule has 58 valence electrons. The molecule has 0 spiro atoms. The molecule has 0 saturated carbocycles. The van der Waals surface area contributed by atoms with Gasteiger partial charge in [0.25, 0.3) is 0 Å². The fraction of sp³-hybridized carbons (Fsp3) is 0. The predicted octanol–water partition coefficient (Wildman–Crippen LogP) is -12.7. The van der Waals surface area contributed by atoms with Crippen molar-refractivity contribution in [3.05, 3.63) is 0 Å². The minimum atomic E-state index is 0. The third-order valence-electron chi connectivity index (χ3n) is 0. The maximum Gasteiger partial charge on any atom is 1.00 e. The molecule has 0 aromatic carbocycles. The second kappa shape index (κ2) is 189. The average Bonchev–Trinajstić information content (AvgIpc) is 0. The minimum absolute atomic E-state index is 0. The summed E-state index contributed by atoms with van der Waals surface area (Å²) >= 11 is 0. The van der Waals surface area contributed by atoms with E-state index in [1.807, 2.05) is 0 Å². The summed E-state index contributed by atoms with van der Waals surface area (Å²) in [7, 11) is 0. The van der Waals surface area contributed by atoms with Crippen LogP contribution in [0.15, 0.2) is 0 Å². The van der Waals surface area contributed by atoms with Gasteiger partial charge in [-0.25, -0.2) is 0 Å². The molecular weight excluding hydrogens is 375 g/mol. The third kappa shape index (κ3) is 126. The molecular formula is H8Cl3O4Tl-2. The Morgan fingerprint density at radius 2 is 0.375 bits per heavy atom. The maximum atomic E-state index is 0. The van der Waals surface area contributed by atoms with Crippen LogP contribution in [0.1, 0.15) is 0 Å². The molecule has 0 aromatic rings. The first-order valence-electron chi connectivity index (χ1n) is 0. The second-order valence-corrected chi connectivity index (χ2v) is 0. The van der Waals surface area contributed by atoms with Crippen LogP contribution in [0, 0.1) is 0 Å². The van der Waals surface area contributed by atoms with Crippen molar-refractivity contribution < 1.29 is 59.1 Å². The third-order valence-corrected chi connectivity index (χ3v) is 0. The van der Waals surface area contributed by atoms with Crippen molar-refractivity contribution in [3.63, 3.8) is 0 Å². The zero-order chi connectivity index (χ0) is 0. The summed E-state index contributed by atoms with van der Waals surface area (Å²) in [5, 5.41) is 0. The molecule has 8 heavy (non-hydrogen) atoms. The maximum absolute atomic E-state index is 0. The Balaban J connectivity index is 0. The van der Waals surface area contributed by atoms with E-state index < -0.39 is 0 Å². The van der Waals surface area contributed by atoms with Gasteiger partial charge in [-0.1, -0.05) is 0 Å². The van der Waals surface area contributed by atoms with Crippen LogP contribution in [0.4, 0.5) is 0 Å². The molecule has 0 aliphatic heterocycles. The quantitative estimate of drug-likeness (QED) is 0.369. The predicted molar refractivity (Wildman–Crippen MR) is 20.2 cm³/mol. The van der Waals surface area contributed by atoms with Crippen molar-refractivity contribution in [2.75, 3.05) is 0 Å². The molecule has 4 nitrogen and oxygen atoms in total. The van der Waals surface area contributed by atoms with Crippen molar-refractivity contribution in [1.82, 2.24) is 0 Å². The van der Waals surface area contributed by atoms with E-state index in [-0.39, 0.29) is 86.4 Å². The van der Waals surface area contributed by atoms with Gasteiger partial charge in [0.05, 0.1) is 0 Å². The first-order valence-corrected chi connectivity index (χ1v) is 0. The largest absolute Gasteiger partial charge is 1.00 e. The van der Waals surface area contributed by atoms with E-state index in [9.17, 15) is 0 Å². The van der Waals surface area contributed by atoms with Crippen molar-refractivity contribution in [2.24, 2.45) is 0 Å². The summed E-state index contributed by atoms with van der Waals surface area (Å²) in [6.07, 6.45) is 0. The SMILES string of the molecule is O.O.O.O.[Cl-].[Cl-].[Cl-].[Tl+]. The Labute approximate surface area is 86.0 Å². The zero-order valence-electron chi connectivity index (χ0n) is 3.71. The van der Waals surface area contributed by atoms with E-state index in [2.05, 4.69) is 0 Å². The second-order valence-electron chi connectivity index (χ2n) is 0. The Bertz CT molecular complexity index is 11.2. The van der Waals surface area contributed by atoms with Gasteiger partial charge in [-0.15, -0.1) is 0 Å². The summed E-state index contributed by atoms with van der Waals surface area (Å²) in [6, 6.07) is 0. The molecule has 0 unspecified atom stereocenters. The summed E-state index contributed by atoms with van der Waals surface area (Å²) in [5.41, 5.74) is 0. The van der Waals surface area contributed by atoms with Gasteiger partial charge in [0.15, 0.2) is 0 Å². The van der Waals surface area contributed by atoms with Gasteiger partial charge in [0.2, 0.25) is 0 Å². The molecule has 8 heteroatoms. The first-order chi connectivity index (χ1) is 0. The minimum Gasteiger partial charge on any atom is -1.00 e. The summed E-state index contributed by atoms with van der Waals surface area (Å²) in [6.45, 7) is 0. The molecule has 0 fully saturated rings. The van der Waals surface area contributed by atoms with Gasteiger partial charge in [-0.05, 0) is 0 Å². The van der Waals surface area contributed by atoms with E-state index >= 15 is 0 Å². The van der Waals surface area contributed by atoms with Crippen LogP contribution in [0.3, 0.4) is 0 Å². The van der Waals surface area contributed by atoms with E-state index in [0.29, 0.717) is 0 Å². The Morgan fingerprint density at radius 1 is 0.375 bits per heavy atom. The van der Waals surface area contributed by atoms with Crippen LogP contribution in [0.2, 0.25) is 0 Å². The number of rotatable bonds is 0. The van der Waals surface area contributed by atoms with Crippen LogP contribution < -0.4 is 37.2 Å². The fourth-order valence-corrected chi connectivity index (χ4v) is 0. The van der Waals surface area contributed by atoms with Crippen LogP contribution in [0.25, 0.3) is 0 Å². The van der Waals surface area contributed by atoms with E-state index in [1.165, 1.54) is 0 Å². The van der Waals surface area contributed by atoms with Crippen LogP contribution in [-0.2, 0) is 0 Å². The summed E-state index contributed by atoms with van der Waals surface area (Å²) in [5.74, 6) is 0. The number of hydrogen-bond donors (Lipinski definition) is 0. The first kappa shape index (κ1) is 269. The van der Waals surface area contributed by atoms with E-state index in [1.54, 1.807) is 0 Å². The molecule has 8 N–H and O–H groups in total. The van der Waals surface area contributed by atoms with E-state index in [0.717, 1.165) is 0 Å². The van der Waals surface area contributed by atoms with Crippen LogP contribution >= 0.6 is 0 Å². The molecule has 0 rings (SSSR count). The Morgan fingerprint density at radius 3 is 0.375 bits per heavy atom. The van der Waals surface area contributed by atoms with Crippen molar-refractivity contribution in [1.29, 1.82) is 0 Å². The Hall–Kier alpha value is 1.63. The molecule has 0 atom stereocenters. The normalized spacial score (nSPS) is 0. The zero-order valence-corrected chi connectivity index (χ0v) is 10.5. The molecule has 0 aliphatic rings. The molecule has 0 bridgehead atoms. The average molecular weight is 383 g/mol. The van der Waals surface area contributed by atoms with Crippen LogP contribution in [-0.4, -0.2) is 49.2 Å². The summed E-state index contributed by atoms with van der Waals surface area (Å²) < 4.78 is 0. The van der Waals surface area contributed by atoms with Crippen molar-refractivity contribution in [2.45, 2.75) is 0 Å². The molecule has 0 amide bonds. The van der Waals surface area contributed by atoms with Gasteiger partial charge in [-0.2, -0.15) is 0 Å². The van der Waals surface area contributed by atoms with Gasteiger partial charge >= 0.3 is 27.3 Å². The molecule has 0 saturated heterocycles. The molecule has 0 radical (unpaired) electrons. The van der Waals surface area contributed by atoms with Crippen molar-refractivity contribution >= 4 is 27.3 Å². The molecule has 0 heterocycles. The molecule has 0 aromatic heterocycles.